The minimum Gasteiger partial charge on any atom is -0.402 e. The summed E-state index contributed by atoms with van der Waals surface area (Å²) in [5.74, 6) is -11.5. The molecular weight excluding hydrogens is 543 g/mol. The molecule has 0 amide bonds. The molecule has 0 atom stereocenters. The number of esters is 1. The monoisotopic (exact) mass is 554 g/mol. The van der Waals surface area contributed by atoms with Gasteiger partial charge >= 0.3 is 5.97 Å². The topological polar surface area (TPSA) is 44.1 Å². The van der Waals surface area contributed by atoms with E-state index in [0.717, 1.165) is 4.47 Å². The number of hydrogen-bond donors (Lipinski definition) is 0. The molecule has 0 aliphatic rings. The van der Waals surface area contributed by atoms with Gasteiger partial charge in [0, 0.05) is 4.47 Å². The Hall–Kier alpha value is -3.18. The van der Waals surface area contributed by atoms with Crippen molar-refractivity contribution in [3.05, 3.63) is 99.4 Å². The standard InChI is InChI=1S/C23H12BrF5N2O2S/c1-11-20(34-21-18(28)16(26)15(25)17(27)19(21)29)22(31(30-11)14-5-3-2-4-6-14)33-23(32)12-7-9-13(24)10-8-12/h2-10H,1H3. The van der Waals surface area contributed by atoms with Gasteiger partial charge in [-0.25, -0.2) is 26.7 Å². The SMILES string of the molecule is Cc1nn(-c2ccccc2)c(OC(=O)c2ccc(Br)cc2)c1Sc1c(F)c(F)c(F)c(F)c1F. The van der Waals surface area contributed by atoms with E-state index in [4.69, 9.17) is 4.74 Å². The molecule has 0 bridgehead atoms. The van der Waals surface area contributed by atoms with Crippen LogP contribution < -0.4 is 4.74 Å². The van der Waals surface area contributed by atoms with Crippen LogP contribution in [0.1, 0.15) is 16.1 Å². The van der Waals surface area contributed by atoms with Crippen LogP contribution >= 0.6 is 27.7 Å². The minimum atomic E-state index is -2.27. The first-order valence-corrected chi connectivity index (χ1v) is 11.1. The zero-order valence-corrected chi connectivity index (χ0v) is 19.5. The fourth-order valence-corrected chi connectivity index (χ4v) is 4.18. The molecule has 1 heterocycles. The maximum absolute atomic E-state index is 14.4. The lowest BCUT2D eigenvalue weighted by molar-refractivity contribution is 0.0718. The molecule has 11 heteroatoms. The Morgan fingerprint density at radius 3 is 2.00 bits per heavy atom. The Kier molecular flexibility index (Phi) is 6.76. The average Bonchev–Trinajstić information content (AvgIpc) is 3.14. The summed E-state index contributed by atoms with van der Waals surface area (Å²) in [7, 11) is 0. The molecule has 0 fully saturated rings. The van der Waals surface area contributed by atoms with Gasteiger partial charge in [0.15, 0.2) is 23.3 Å². The van der Waals surface area contributed by atoms with Gasteiger partial charge in [0.25, 0.3) is 0 Å². The summed E-state index contributed by atoms with van der Waals surface area (Å²) in [6, 6.07) is 14.6. The van der Waals surface area contributed by atoms with Crippen LogP contribution in [0.15, 0.2) is 68.9 Å². The molecule has 0 N–H and O–H groups in total. The predicted octanol–water partition coefficient (Wildman–Crippen LogP) is 7.01. The Bertz CT molecular complexity index is 1370. The minimum absolute atomic E-state index is 0.0995. The summed E-state index contributed by atoms with van der Waals surface area (Å²) in [6.07, 6.45) is 0. The van der Waals surface area contributed by atoms with E-state index in [1.807, 2.05) is 0 Å². The lowest BCUT2D eigenvalue weighted by atomic mass is 10.2. The molecule has 0 aliphatic heterocycles. The second-order valence-corrected chi connectivity index (χ2v) is 8.80. The van der Waals surface area contributed by atoms with Gasteiger partial charge in [-0.1, -0.05) is 45.9 Å². The highest BCUT2D eigenvalue weighted by Crippen LogP contribution is 2.42. The fourth-order valence-electron chi connectivity index (χ4n) is 2.95. The largest absolute Gasteiger partial charge is 0.402 e. The summed E-state index contributed by atoms with van der Waals surface area (Å²) in [5, 5.41) is 4.26. The van der Waals surface area contributed by atoms with Crippen LogP contribution in [0.25, 0.3) is 5.69 Å². The molecule has 0 spiro atoms. The number of aryl methyl sites for hydroxylation is 1. The highest BCUT2D eigenvalue weighted by atomic mass is 79.9. The van der Waals surface area contributed by atoms with Crippen molar-refractivity contribution in [3.8, 4) is 11.6 Å². The van der Waals surface area contributed by atoms with Crippen molar-refractivity contribution in [2.75, 3.05) is 0 Å². The number of benzene rings is 3. The van der Waals surface area contributed by atoms with Gasteiger partial charge in [-0.3, -0.25) is 0 Å². The van der Waals surface area contributed by atoms with E-state index in [2.05, 4.69) is 21.0 Å². The van der Waals surface area contributed by atoms with Crippen LogP contribution in [0.4, 0.5) is 22.0 Å². The van der Waals surface area contributed by atoms with Crippen molar-refractivity contribution >= 4 is 33.7 Å². The summed E-state index contributed by atoms with van der Waals surface area (Å²) >= 11 is 3.48. The van der Waals surface area contributed by atoms with E-state index >= 15 is 0 Å². The molecule has 0 unspecified atom stereocenters. The molecule has 3 aromatic carbocycles. The van der Waals surface area contributed by atoms with Gasteiger partial charge in [-0.2, -0.15) is 9.78 Å². The third kappa shape index (κ3) is 4.45. The number of para-hydroxylation sites is 1. The number of halogens is 6. The highest BCUT2D eigenvalue weighted by molar-refractivity contribution is 9.10. The normalized spacial score (nSPS) is 11.0. The Morgan fingerprint density at radius 2 is 1.41 bits per heavy atom. The third-order valence-electron chi connectivity index (χ3n) is 4.61. The van der Waals surface area contributed by atoms with Gasteiger partial charge in [0.1, 0.15) is 0 Å². The van der Waals surface area contributed by atoms with Crippen molar-refractivity contribution in [3.63, 3.8) is 0 Å². The number of carbonyl (C=O) groups is 1. The molecular formula is C23H12BrF5N2O2S. The molecule has 4 nitrogen and oxygen atoms in total. The lowest BCUT2D eigenvalue weighted by Gasteiger charge is -2.11. The Morgan fingerprint density at radius 1 is 0.853 bits per heavy atom. The number of nitrogens with zero attached hydrogens (tertiary/aromatic N) is 2. The number of hydrogen-bond acceptors (Lipinski definition) is 4. The van der Waals surface area contributed by atoms with Crippen LogP contribution in [0.2, 0.25) is 0 Å². The summed E-state index contributed by atoms with van der Waals surface area (Å²) < 4.78 is 77.2. The van der Waals surface area contributed by atoms with E-state index in [0.29, 0.717) is 5.69 Å². The summed E-state index contributed by atoms with van der Waals surface area (Å²) in [6.45, 7) is 1.45. The Balaban J connectivity index is 1.84. The molecule has 174 valence electrons. The predicted molar refractivity (Wildman–Crippen MR) is 118 cm³/mol. The van der Waals surface area contributed by atoms with Crippen molar-refractivity contribution in [1.29, 1.82) is 0 Å². The number of carbonyl (C=O) groups excluding carboxylic acids is 1. The second-order valence-electron chi connectivity index (χ2n) is 6.86. The maximum atomic E-state index is 14.4. The fraction of sp³-hybridized carbons (Fsp3) is 0.0435. The second kappa shape index (κ2) is 9.59. The molecule has 0 saturated carbocycles. The molecule has 0 radical (unpaired) electrons. The van der Waals surface area contributed by atoms with Crippen LogP contribution in [0.5, 0.6) is 5.88 Å². The number of aromatic nitrogens is 2. The quantitative estimate of drug-likeness (QED) is 0.115. The first kappa shape index (κ1) is 24.0. The third-order valence-corrected chi connectivity index (χ3v) is 6.37. The average molecular weight is 555 g/mol. The van der Waals surface area contributed by atoms with Crippen molar-refractivity contribution in [2.45, 2.75) is 16.7 Å². The zero-order valence-electron chi connectivity index (χ0n) is 17.1. The van der Waals surface area contributed by atoms with Crippen molar-refractivity contribution < 1.29 is 31.5 Å². The smallest absolute Gasteiger partial charge is 0.344 e. The van der Waals surface area contributed by atoms with Gasteiger partial charge in [0.2, 0.25) is 11.7 Å². The van der Waals surface area contributed by atoms with Crippen LogP contribution in [-0.4, -0.2) is 15.7 Å². The van der Waals surface area contributed by atoms with E-state index in [-0.39, 0.29) is 33.8 Å². The van der Waals surface area contributed by atoms with Crippen LogP contribution in [-0.2, 0) is 0 Å². The molecule has 4 rings (SSSR count). The van der Waals surface area contributed by atoms with E-state index in [9.17, 15) is 26.7 Å². The highest BCUT2D eigenvalue weighted by Gasteiger charge is 2.30. The van der Waals surface area contributed by atoms with Gasteiger partial charge < -0.3 is 4.74 Å². The molecule has 34 heavy (non-hydrogen) atoms. The van der Waals surface area contributed by atoms with Crippen LogP contribution in [0, 0.1) is 36.0 Å². The van der Waals surface area contributed by atoms with Gasteiger partial charge in [0.05, 0.1) is 26.7 Å². The summed E-state index contributed by atoms with van der Waals surface area (Å²) in [4.78, 5) is 11.6. The van der Waals surface area contributed by atoms with Crippen molar-refractivity contribution in [2.24, 2.45) is 0 Å². The first-order valence-electron chi connectivity index (χ1n) is 9.51. The molecule has 1 aromatic heterocycles. The summed E-state index contributed by atoms with van der Waals surface area (Å²) in [5.41, 5.74) is 0.735. The van der Waals surface area contributed by atoms with E-state index in [1.165, 1.54) is 23.7 Å². The van der Waals surface area contributed by atoms with Gasteiger partial charge in [-0.15, -0.1) is 0 Å². The zero-order chi connectivity index (χ0) is 24.6. The first-order chi connectivity index (χ1) is 16.2. The molecule has 0 saturated heterocycles. The molecule has 4 aromatic rings. The number of ether oxygens (including phenoxy) is 1. The van der Waals surface area contributed by atoms with E-state index in [1.54, 1.807) is 42.5 Å². The lowest BCUT2D eigenvalue weighted by Crippen LogP contribution is -2.12. The molecule has 0 aliphatic carbocycles. The van der Waals surface area contributed by atoms with Crippen LogP contribution in [0.3, 0.4) is 0 Å². The number of rotatable bonds is 5. The van der Waals surface area contributed by atoms with E-state index < -0.39 is 40.0 Å². The van der Waals surface area contributed by atoms with Crippen molar-refractivity contribution in [1.82, 2.24) is 9.78 Å². The van der Waals surface area contributed by atoms with Gasteiger partial charge in [-0.05, 0) is 43.3 Å². The Labute approximate surface area is 202 Å². The maximum Gasteiger partial charge on any atom is 0.344 e.